The van der Waals surface area contributed by atoms with Gasteiger partial charge in [-0.2, -0.15) is 0 Å². The van der Waals surface area contributed by atoms with Crippen LogP contribution in [0.1, 0.15) is 0 Å². The zero-order valence-corrected chi connectivity index (χ0v) is 16.7. The van der Waals surface area contributed by atoms with Gasteiger partial charge in [-0.05, 0) is 60.7 Å². The lowest BCUT2D eigenvalue weighted by molar-refractivity contribution is 0.403. The van der Waals surface area contributed by atoms with Gasteiger partial charge in [-0.15, -0.1) is 0 Å². The summed E-state index contributed by atoms with van der Waals surface area (Å²) in [6.07, 6.45) is 0. The lowest BCUT2D eigenvalue weighted by atomic mass is 10.2. The lowest BCUT2D eigenvalue weighted by Gasteiger charge is -2.12. The molecule has 0 radical (unpaired) electrons. The van der Waals surface area contributed by atoms with Crippen molar-refractivity contribution >= 4 is 38.3 Å². The van der Waals surface area contributed by atoms with Crippen molar-refractivity contribution in [3.05, 3.63) is 71.5 Å². The number of hydrogen-bond donors (Lipinski definition) is 2. The molecule has 0 unspecified atom stereocenters. The SMILES string of the molecule is COc1ccc(Cl)cc1S(=O)(=O)Nc1ccc(-c2nc3ccc(F)cc3[nH]2)cc1. The van der Waals surface area contributed by atoms with Crippen molar-refractivity contribution in [3.63, 3.8) is 0 Å². The first-order chi connectivity index (χ1) is 13.9. The summed E-state index contributed by atoms with van der Waals surface area (Å²) in [6.45, 7) is 0. The van der Waals surface area contributed by atoms with Gasteiger partial charge < -0.3 is 9.72 Å². The van der Waals surface area contributed by atoms with Crippen molar-refractivity contribution < 1.29 is 17.5 Å². The summed E-state index contributed by atoms with van der Waals surface area (Å²) >= 11 is 5.93. The number of sulfonamides is 1. The molecule has 0 bridgehead atoms. The molecule has 0 aliphatic rings. The van der Waals surface area contributed by atoms with Gasteiger partial charge in [-0.1, -0.05) is 11.6 Å². The number of methoxy groups -OCH3 is 1. The van der Waals surface area contributed by atoms with E-state index >= 15 is 0 Å². The first-order valence-electron chi connectivity index (χ1n) is 8.48. The van der Waals surface area contributed by atoms with Gasteiger partial charge in [0.15, 0.2) is 0 Å². The van der Waals surface area contributed by atoms with Crippen LogP contribution in [0.25, 0.3) is 22.4 Å². The number of nitrogens with zero attached hydrogens (tertiary/aromatic N) is 1. The van der Waals surface area contributed by atoms with Gasteiger partial charge in [0.1, 0.15) is 22.3 Å². The number of rotatable bonds is 5. The maximum Gasteiger partial charge on any atom is 0.265 e. The van der Waals surface area contributed by atoms with Crippen LogP contribution < -0.4 is 9.46 Å². The normalized spacial score (nSPS) is 11.6. The molecule has 0 fully saturated rings. The van der Waals surface area contributed by atoms with E-state index in [-0.39, 0.29) is 21.5 Å². The Balaban J connectivity index is 1.61. The summed E-state index contributed by atoms with van der Waals surface area (Å²) in [5.74, 6) is 0.387. The van der Waals surface area contributed by atoms with Crippen molar-refractivity contribution in [1.29, 1.82) is 0 Å². The molecule has 0 amide bonds. The number of ether oxygens (including phenoxy) is 1. The van der Waals surface area contributed by atoms with Crippen molar-refractivity contribution in [3.8, 4) is 17.1 Å². The number of anilines is 1. The zero-order valence-electron chi connectivity index (χ0n) is 15.1. The van der Waals surface area contributed by atoms with Gasteiger partial charge in [-0.3, -0.25) is 4.72 Å². The highest BCUT2D eigenvalue weighted by Crippen LogP contribution is 2.29. The van der Waals surface area contributed by atoms with Crippen LogP contribution in [0.3, 0.4) is 0 Å². The first kappa shape index (κ1) is 19.2. The average Bonchev–Trinajstić information content (AvgIpc) is 3.11. The highest BCUT2D eigenvalue weighted by molar-refractivity contribution is 7.92. The molecule has 4 rings (SSSR count). The first-order valence-corrected chi connectivity index (χ1v) is 10.3. The summed E-state index contributed by atoms with van der Waals surface area (Å²) in [4.78, 5) is 7.40. The number of nitrogens with one attached hydrogen (secondary N) is 2. The minimum atomic E-state index is -3.91. The van der Waals surface area contributed by atoms with E-state index in [0.29, 0.717) is 22.5 Å². The van der Waals surface area contributed by atoms with Crippen molar-refractivity contribution in [2.75, 3.05) is 11.8 Å². The van der Waals surface area contributed by atoms with E-state index in [1.54, 1.807) is 36.4 Å². The molecule has 0 spiro atoms. The van der Waals surface area contributed by atoms with Crippen molar-refractivity contribution in [1.82, 2.24) is 9.97 Å². The van der Waals surface area contributed by atoms with Crippen LogP contribution in [0.4, 0.5) is 10.1 Å². The quantitative estimate of drug-likeness (QED) is 0.474. The molecule has 29 heavy (non-hydrogen) atoms. The topological polar surface area (TPSA) is 84.1 Å². The Bertz CT molecular complexity index is 1300. The van der Waals surface area contributed by atoms with Crippen LogP contribution in [-0.4, -0.2) is 25.5 Å². The third-order valence-corrected chi connectivity index (χ3v) is 5.91. The molecule has 6 nitrogen and oxygen atoms in total. The molecule has 2 N–H and O–H groups in total. The Morgan fingerprint density at radius 3 is 2.55 bits per heavy atom. The molecule has 0 aliphatic carbocycles. The van der Waals surface area contributed by atoms with Gasteiger partial charge in [-0.25, -0.2) is 17.8 Å². The molecule has 3 aromatic carbocycles. The summed E-state index contributed by atoms with van der Waals surface area (Å²) in [5.41, 5.74) is 2.31. The molecule has 1 aromatic heterocycles. The third-order valence-electron chi connectivity index (χ3n) is 4.27. The van der Waals surface area contributed by atoms with Gasteiger partial charge in [0.2, 0.25) is 0 Å². The Hall–Kier alpha value is -3.10. The number of fused-ring (bicyclic) bond motifs is 1. The molecule has 0 saturated heterocycles. The summed E-state index contributed by atoms with van der Waals surface area (Å²) in [7, 11) is -2.52. The van der Waals surface area contributed by atoms with Gasteiger partial charge in [0.05, 0.1) is 18.1 Å². The molecule has 148 valence electrons. The van der Waals surface area contributed by atoms with Crippen LogP contribution in [0.15, 0.2) is 65.6 Å². The van der Waals surface area contributed by atoms with E-state index in [9.17, 15) is 12.8 Å². The third kappa shape index (κ3) is 3.90. The number of aromatic nitrogens is 2. The Morgan fingerprint density at radius 1 is 1.07 bits per heavy atom. The molecule has 9 heteroatoms. The second kappa shape index (κ2) is 7.38. The second-order valence-electron chi connectivity index (χ2n) is 6.22. The Morgan fingerprint density at radius 2 is 1.83 bits per heavy atom. The molecule has 0 atom stereocenters. The fraction of sp³-hybridized carbons (Fsp3) is 0.0500. The van der Waals surface area contributed by atoms with Crippen LogP contribution in [0, 0.1) is 5.82 Å². The zero-order chi connectivity index (χ0) is 20.6. The molecule has 4 aromatic rings. The van der Waals surface area contributed by atoms with E-state index in [0.717, 1.165) is 5.56 Å². The highest BCUT2D eigenvalue weighted by Gasteiger charge is 2.20. The van der Waals surface area contributed by atoms with Gasteiger partial charge in [0.25, 0.3) is 10.0 Å². The summed E-state index contributed by atoms with van der Waals surface area (Å²) < 4.78 is 46.4. The fourth-order valence-corrected chi connectivity index (χ4v) is 4.38. The summed E-state index contributed by atoms with van der Waals surface area (Å²) in [5, 5.41) is 0.280. The van der Waals surface area contributed by atoms with E-state index in [4.69, 9.17) is 16.3 Å². The van der Waals surface area contributed by atoms with E-state index in [2.05, 4.69) is 14.7 Å². The van der Waals surface area contributed by atoms with Crippen molar-refractivity contribution in [2.24, 2.45) is 0 Å². The smallest absolute Gasteiger partial charge is 0.265 e. The van der Waals surface area contributed by atoms with Crippen LogP contribution in [0.2, 0.25) is 5.02 Å². The number of imidazole rings is 1. The maximum absolute atomic E-state index is 13.3. The minimum Gasteiger partial charge on any atom is -0.495 e. The Kier molecular flexibility index (Phi) is 4.89. The average molecular weight is 432 g/mol. The molecule has 0 aliphatic heterocycles. The molecular formula is C20H15ClFN3O3S. The van der Waals surface area contributed by atoms with Gasteiger partial charge >= 0.3 is 0 Å². The van der Waals surface area contributed by atoms with Crippen molar-refractivity contribution in [2.45, 2.75) is 4.90 Å². The molecular weight excluding hydrogens is 417 g/mol. The largest absolute Gasteiger partial charge is 0.495 e. The minimum absolute atomic E-state index is 0.0594. The lowest BCUT2D eigenvalue weighted by Crippen LogP contribution is -2.14. The van der Waals surface area contributed by atoms with Crippen LogP contribution in [0.5, 0.6) is 5.75 Å². The fourth-order valence-electron chi connectivity index (χ4n) is 2.89. The monoisotopic (exact) mass is 431 g/mol. The predicted octanol–water partition coefficient (Wildman–Crippen LogP) is 4.83. The highest BCUT2D eigenvalue weighted by atomic mass is 35.5. The second-order valence-corrected chi connectivity index (χ2v) is 8.31. The number of hydrogen-bond acceptors (Lipinski definition) is 4. The summed E-state index contributed by atoms with van der Waals surface area (Å²) in [6, 6.07) is 15.3. The number of benzene rings is 3. The van der Waals surface area contributed by atoms with Gasteiger partial charge in [0, 0.05) is 16.3 Å². The molecule has 1 heterocycles. The van der Waals surface area contributed by atoms with E-state index in [1.165, 1.54) is 31.4 Å². The van der Waals surface area contributed by atoms with E-state index in [1.807, 2.05) is 0 Å². The number of aromatic amines is 1. The van der Waals surface area contributed by atoms with Crippen LogP contribution in [-0.2, 0) is 10.0 Å². The van der Waals surface area contributed by atoms with Crippen LogP contribution >= 0.6 is 11.6 Å². The predicted molar refractivity (Wildman–Crippen MR) is 110 cm³/mol. The molecule has 0 saturated carbocycles. The van der Waals surface area contributed by atoms with E-state index < -0.39 is 10.0 Å². The Labute approximate surface area is 171 Å². The number of H-pyrrole nitrogens is 1. The maximum atomic E-state index is 13.3. The standard InChI is InChI=1S/C20H15ClFN3O3S/c1-28-18-9-4-13(21)10-19(18)29(26,27)25-15-6-2-12(3-7-15)20-23-16-8-5-14(22)11-17(16)24-20/h2-11,25H,1H3,(H,23,24). The number of halogens is 2.